The molecule has 3 nitrogen and oxygen atoms in total. The second kappa shape index (κ2) is 8.25. The lowest BCUT2D eigenvalue weighted by molar-refractivity contribution is 0.273. The van der Waals surface area contributed by atoms with Crippen molar-refractivity contribution in [3.05, 3.63) is 30.1 Å². The van der Waals surface area contributed by atoms with Gasteiger partial charge in [-0.25, -0.2) is 0 Å². The fourth-order valence-corrected chi connectivity index (χ4v) is 1.65. The molecule has 0 amide bonds. The molecule has 0 atom stereocenters. The molecular weight excluding hydrogens is 200 g/mol. The molecule has 1 heterocycles. The molecule has 90 valence electrons. The number of hydrogen-bond donors (Lipinski definition) is 1. The third kappa shape index (κ3) is 5.83. The van der Waals surface area contributed by atoms with Crippen LogP contribution in [-0.4, -0.2) is 41.7 Å². The van der Waals surface area contributed by atoms with Gasteiger partial charge in [0.25, 0.3) is 0 Å². The average Bonchev–Trinajstić information content (AvgIpc) is 2.33. The highest BCUT2D eigenvalue weighted by Gasteiger charge is 1.99. The second-order valence-electron chi connectivity index (χ2n) is 4.20. The van der Waals surface area contributed by atoms with E-state index < -0.39 is 0 Å². The lowest BCUT2D eigenvalue weighted by Gasteiger charge is -2.16. The largest absolute Gasteiger partial charge is 0.396 e. The number of likely N-dealkylation sites (N-methyl/N-ethyl adjacent to an activating group) is 1. The zero-order chi connectivity index (χ0) is 11.6. The first kappa shape index (κ1) is 13.1. The summed E-state index contributed by atoms with van der Waals surface area (Å²) in [6.07, 6.45) is 8.01. The summed E-state index contributed by atoms with van der Waals surface area (Å²) in [6.45, 7) is 2.50. The van der Waals surface area contributed by atoms with Crippen molar-refractivity contribution in [3.8, 4) is 0 Å². The van der Waals surface area contributed by atoms with Gasteiger partial charge in [-0.3, -0.25) is 4.98 Å². The highest BCUT2D eigenvalue weighted by molar-refractivity contribution is 5.08. The Morgan fingerprint density at radius 3 is 2.81 bits per heavy atom. The molecule has 0 saturated carbocycles. The molecule has 0 aliphatic carbocycles. The molecule has 0 radical (unpaired) electrons. The van der Waals surface area contributed by atoms with E-state index in [4.69, 9.17) is 5.11 Å². The first-order valence-corrected chi connectivity index (χ1v) is 6.01. The quantitative estimate of drug-likeness (QED) is 0.680. The highest BCUT2D eigenvalue weighted by atomic mass is 16.2. The van der Waals surface area contributed by atoms with E-state index >= 15 is 0 Å². The van der Waals surface area contributed by atoms with Crippen LogP contribution in [-0.2, 0) is 6.42 Å². The molecule has 0 fully saturated rings. The Balaban J connectivity index is 2.08. The van der Waals surface area contributed by atoms with Gasteiger partial charge in [0.05, 0.1) is 0 Å². The molecule has 1 aromatic rings. The summed E-state index contributed by atoms with van der Waals surface area (Å²) < 4.78 is 0. The maximum Gasteiger partial charge on any atom is 0.0431 e. The highest BCUT2D eigenvalue weighted by Crippen LogP contribution is 2.00. The fraction of sp³-hybridized carbons (Fsp3) is 0.615. The maximum absolute atomic E-state index is 8.66. The first-order valence-electron chi connectivity index (χ1n) is 6.01. The van der Waals surface area contributed by atoms with Crippen LogP contribution in [0.1, 0.15) is 24.8 Å². The van der Waals surface area contributed by atoms with E-state index in [1.807, 2.05) is 18.5 Å². The van der Waals surface area contributed by atoms with Gasteiger partial charge in [0, 0.05) is 25.5 Å². The van der Waals surface area contributed by atoms with Crippen LogP contribution in [0.15, 0.2) is 24.5 Å². The van der Waals surface area contributed by atoms with E-state index in [1.54, 1.807) is 0 Å². The van der Waals surface area contributed by atoms with Crippen molar-refractivity contribution < 1.29 is 5.11 Å². The van der Waals surface area contributed by atoms with E-state index in [-0.39, 0.29) is 0 Å². The zero-order valence-electron chi connectivity index (χ0n) is 10.1. The van der Waals surface area contributed by atoms with Crippen LogP contribution in [0.4, 0.5) is 0 Å². The Bertz CT molecular complexity index is 264. The number of aliphatic hydroxyl groups excluding tert-OH is 1. The van der Waals surface area contributed by atoms with E-state index in [9.17, 15) is 0 Å². The van der Waals surface area contributed by atoms with E-state index in [1.165, 1.54) is 12.0 Å². The van der Waals surface area contributed by atoms with Gasteiger partial charge >= 0.3 is 0 Å². The minimum atomic E-state index is 0.319. The summed E-state index contributed by atoms with van der Waals surface area (Å²) in [7, 11) is 2.15. The summed E-state index contributed by atoms with van der Waals surface area (Å²) in [5.74, 6) is 0. The molecule has 0 spiro atoms. The van der Waals surface area contributed by atoms with Crippen molar-refractivity contribution in [1.82, 2.24) is 9.88 Å². The Kier molecular flexibility index (Phi) is 6.77. The van der Waals surface area contributed by atoms with Crippen molar-refractivity contribution in [2.75, 3.05) is 26.7 Å². The van der Waals surface area contributed by atoms with Gasteiger partial charge in [-0.05, 0) is 50.9 Å². The van der Waals surface area contributed by atoms with E-state index in [0.717, 1.165) is 32.4 Å². The zero-order valence-corrected chi connectivity index (χ0v) is 10.1. The van der Waals surface area contributed by atoms with Crippen molar-refractivity contribution >= 4 is 0 Å². The van der Waals surface area contributed by atoms with E-state index in [0.29, 0.717) is 6.61 Å². The Morgan fingerprint density at radius 2 is 2.12 bits per heavy atom. The van der Waals surface area contributed by atoms with Gasteiger partial charge in [0.1, 0.15) is 0 Å². The van der Waals surface area contributed by atoms with Gasteiger partial charge in [-0.15, -0.1) is 0 Å². The molecule has 16 heavy (non-hydrogen) atoms. The normalized spacial score (nSPS) is 10.9. The number of hydrogen-bond acceptors (Lipinski definition) is 3. The van der Waals surface area contributed by atoms with Crippen molar-refractivity contribution in [2.45, 2.75) is 25.7 Å². The van der Waals surface area contributed by atoms with Crippen molar-refractivity contribution in [3.63, 3.8) is 0 Å². The van der Waals surface area contributed by atoms with Gasteiger partial charge in [0.2, 0.25) is 0 Å². The second-order valence-corrected chi connectivity index (χ2v) is 4.20. The summed E-state index contributed by atoms with van der Waals surface area (Å²) in [5.41, 5.74) is 1.30. The van der Waals surface area contributed by atoms with Gasteiger partial charge in [0.15, 0.2) is 0 Å². The average molecular weight is 222 g/mol. The summed E-state index contributed by atoms with van der Waals surface area (Å²) in [5, 5.41) is 8.66. The summed E-state index contributed by atoms with van der Waals surface area (Å²) in [4.78, 5) is 6.44. The van der Waals surface area contributed by atoms with Crippen LogP contribution in [0, 0.1) is 0 Å². The Hall–Kier alpha value is -0.930. The van der Waals surface area contributed by atoms with Crippen molar-refractivity contribution in [2.24, 2.45) is 0 Å². The molecule has 0 aromatic carbocycles. The number of aliphatic hydroxyl groups is 1. The predicted molar refractivity (Wildman–Crippen MR) is 66.4 cm³/mol. The first-order chi connectivity index (χ1) is 7.83. The SMILES string of the molecule is CN(CCCCCO)CCc1cccnc1. The number of nitrogens with zero attached hydrogens (tertiary/aromatic N) is 2. The molecule has 0 aliphatic heterocycles. The Morgan fingerprint density at radius 1 is 1.25 bits per heavy atom. The topological polar surface area (TPSA) is 36.4 Å². The lowest BCUT2D eigenvalue weighted by Crippen LogP contribution is -2.22. The Labute approximate surface area is 98.1 Å². The minimum absolute atomic E-state index is 0.319. The molecule has 1 aromatic heterocycles. The predicted octanol–water partition coefficient (Wildman–Crippen LogP) is 1.72. The third-order valence-electron chi connectivity index (χ3n) is 2.70. The molecule has 1 N–H and O–H groups in total. The third-order valence-corrected chi connectivity index (χ3v) is 2.70. The number of unbranched alkanes of at least 4 members (excludes halogenated alkanes) is 2. The van der Waals surface area contributed by atoms with Crippen LogP contribution in [0.25, 0.3) is 0 Å². The van der Waals surface area contributed by atoms with Crippen LogP contribution < -0.4 is 0 Å². The molecule has 3 heteroatoms. The van der Waals surface area contributed by atoms with Crippen LogP contribution in [0.5, 0.6) is 0 Å². The molecular formula is C13H22N2O. The molecule has 0 aliphatic rings. The van der Waals surface area contributed by atoms with Crippen LogP contribution in [0.2, 0.25) is 0 Å². The van der Waals surface area contributed by atoms with Crippen LogP contribution in [0.3, 0.4) is 0 Å². The maximum atomic E-state index is 8.66. The van der Waals surface area contributed by atoms with E-state index in [2.05, 4.69) is 23.0 Å². The molecule has 0 saturated heterocycles. The number of aromatic nitrogens is 1. The van der Waals surface area contributed by atoms with Gasteiger partial charge in [-0.2, -0.15) is 0 Å². The fourth-order valence-electron chi connectivity index (χ4n) is 1.65. The van der Waals surface area contributed by atoms with Gasteiger partial charge < -0.3 is 10.0 Å². The summed E-state index contributed by atoms with van der Waals surface area (Å²) >= 11 is 0. The number of pyridine rings is 1. The van der Waals surface area contributed by atoms with Crippen molar-refractivity contribution in [1.29, 1.82) is 0 Å². The number of rotatable bonds is 8. The molecule has 0 bridgehead atoms. The smallest absolute Gasteiger partial charge is 0.0431 e. The minimum Gasteiger partial charge on any atom is -0.396 e. The molecule has 1 rings (SSSR count). The molecule has 0 unspecified atom stereocenters. The van der Waals surface area contributed by atoms with Crippen LogP contribution >= 0.6 is 0 Å². The monoisotopic (exact) mass is 222 g/mol. The van der Waals surface area contributed by atoms with Gasteiger partial charge in [-0.1, -0.05) is 6.07 Å². The summed E-state index contributed by atoms with van der Waals surface area (Å²) in [6, 6.07) is 4.10. The standard InChI is InChI=1S/C13H22N2O/c1-15(9-3-2-4-11-16)10-7-13-6-5-8-14-12-13/h5-6,8,12,16H,2-4,7,9-11H2,1H3. The lowest BCUT2D eigenvalue weighted by atomic mass is 10.2.